The number of aliphatic carboxylic acids is 1. The van der Waals surface area contributed by atoms with Crippen molar-refractivity contribution >= 4 is 34.1 Å². The van der Waals surface area contributed by atoms with Crippen LogP contribution in [0.25, 0.3) is 28.1 Å². The van der Waals surface area contributed by atoms with Gasteiger partial charge in [-0.2, -0.15) is 9.49 Å². The van der Waals surface area contributed by atoms with E-state index in [9.17, 15) is 9.18 Å². The van der Waals surface area contributed by atoms with Crippen LogP contribution in [0.3, 0.4) is 0 Å². The second-order valence-corrected chi connectivity index (χ2v) is 8.59. The Balaban J connectivity index is 1.74. The molecular formula is C28H24FN3O3. The minimum absolute atomic E-state index is 0.329. The van der Waals surface area contributed by atoms with Gasteiger partial charge >= 0.3 is 5.97 Å². The molecule has 0 atom stereocenters. The van der Waals surface area contributed by atoms with E-state index in [0.29, 0.717) is 22.6 Å². The predicted octanol–water partition coefficient (Wildman–Crippen LogP) is 5.96. The van der Waals surface area contributed by atoms with Gasteiger partial charge in [0.2, 0.25) is 5.95 Å². The van der Waals surface area contributed by atoms with Gasteiger partial charge < -0.3 is 9.84 Å². The Hall–Kier alpha value is -4.26. The molecule has 176 valence electrons. The van der Waals surface area contributed by atoms with Gasteiger partial charge in [0, 0.05) is 17.8 Å². The van der Waals surface area contributed by atoms with Crippen LogP contribution in [0.15, 0.2) is 67.0 Å². The Morgan fingerprint density at radius 2 is 1.86 bits per heavy atom. The number of halogens is 1. The Morgan fingerprint density at radius 1 is 1.09 bits per heavy atom. The Bertz CT molecular complexity index is 1450. The molecule has 7 heteroatoms. The van der Waals surface area contributed by atoms with Crippen molar-refractivity contribution in [2.24, 2.45) is 5.92 Å². The van der Waals surface area contributed by atoms with Crippen LogP contribution in [0.5, 0.6) is 5.75 Å². The van der Waals surface area contributed by atoms with E-state index in [1.54, 1.807) is 19.4 Å². The molecule has 1 aliphatic carbocycles. The lowest BCUT2D eigenvalue weighted by molar-refractivity contribution is -0.131. The summed E-state index contributed by atoms with van der Waals surface area (Å²) in [5.74, 6) is -0.467. The average molecular weight is 470 g/mol. The molecule has 6 nitrogen and oxygen atoms in total. The van der Waals surface area contributed by atoms with E-state index >= 15 is 0 Å². The number of carboxylic acids is 1. The summed E-state index contributed by atoms with van der Waals surface area (Å²) in [7, 11) is 1.62. The molecule has 35 heavy (non-hydrogen) atoms. The molecule has 2 heterocycles. The topological polar surface area (TPSA) is 88.1 Å². The van der Waals surface area contributed by atoms with Crippen LogP contribution in [0, 0.1) is 11.9 Å². The summed E-state index contributed by atoms with van der Waals surface area (Å²) in [6.07, 6.45) is 9.45. The zero-order valence-electron chi connectivity index (χ0n) is 19.2. The van der Waals surface area contributed by atoms with Crippen molar-refractivity contribution in [3.63, 3.8) is 0 Å². The maximum atomic E-state index is 14.4. The maximum absolute atomic E-state index is 14.4. The molecule has 1 saturated carbocycles. The number of carbonyl (C=O) groups is 1. The van der Waals surface area contributed by atoms with Crippen LogP contribution in [-0.2, 0) is 4.79 Å². The van der Waals surface area contributed by atoms with Gasteiger partial charge in [0.05, 0.1) is 24.2 Å². The van der Waals surface area contributed by atoms with Gasteiger partial charge in [0.25, 0.3) is 0 Å². The fraction of sp³-hybridized carbons (Fsp3) is 0.179. The molecular weight excluding hydrogens is 445 g/mol. The Kier molecular flexibility index (Phi) is 6.14. The van der Waals surface area contributed by atoms with Crippen LogP contribution in [0.2, 0.25) is 0 Å². The molecule has 1 aliphatic rings. The summed E-state index contributed by atoms with van der Waals surface area (Å²) in [6.45, 7) is 0. The third kappa shape index (κ3) is 4.57. The van der Waals surface area contributed by atoms with Crippen molar-refractivity contribution in [1.29, 1.82) is 0 Å². The molecule has 0 aliphatic heterocycles. The van der Waals surface area contributed by atoms with E-state index in [2.05, 4.69) is 15.2 Å². The van der Waals surface area contributed by atoms with E-state index < -0.39 is 11.9 Å². The summed E-state index contributed by atoms with van der Waals surface area (Å²) in [5, 5.41) is 15.8. The molecule has 0 saturated heterocycles. The number of nitrogens with zero attached hydrogens (tertiary/aromatic N) is 2. The number of rotatable bonds is 7. The van der Waals surface area contributed by atoms with Crippen molar-refractivity contribution in [3.8, 4) is 5.75 Å². The van der Waals surface area contributed by atoms with Gasteiger partial charge in [-0.25, -0.2) is 4.79 Å². The smallest absolute Gasteiger partial charge is 0.328 e. The largest absolute Gasteiger partial charge is 0.495 e. The molecule has 1 fully saturated rings. The number of benzene rings is 2. The van der Waals surface area contributed by atoms with Crippen molar-refractivity contribution in [3.05, 3.63) is 95.2 Å². The van der Waals surface area contributed by atoms with Crippen LogP contribution < -0.4 is 4.74 Å². The van der Waals surface area contributed by atoms with E-state index in [1.165, 1.54) is 0 Å². The van der Waals surface area contributed by atoms with Crippen molar-refractivity contribution in [2.75, 3.05) is 7.11 Å². The fourth-order valence-electron chi connectivity index (χ4n) is 4.50. The Morgan fingerprint density at radius 3 is 2.54 bits per heavy atom. The number of carboxylic acid groups (broad SMARTS) is 1. The monoisotopic (exact) mass is 469 g/mol. The quantitative estimate of drug-likeness (QED) is 0.326. The number of hydrogen-bond donors (Lipinski definition) is 2. The summed E-state index contributed by atoms with van der Waals surface area (Å²) in [5.41, 5.74) is 6.25. The molecule has 4 aromatic rings. The number of fused-ring (bicyclic) bond motifs is 1. The van der Waals surface area contributed by atoms with E-state index in [0.717, 1.165) is 58.7 Å². The predicted molar refractivity (Wildman–Crippen MR) is 133 cm³/mol. The maximum Gasteiger partial charge on any atom is 0.328 e. The highest BCUT2D eigenvalue weighted by Gasteiger charge is 2.28. The number of ether oxygens (including phenoxy) is 1. The molecule has 0 unspecified atom stereocenters. The molecule has 0 spiro atoms. The lowest BCUT2D eigenvalue weighted by Crippen LogP contribution is -2.15. The normalized spacial score (nSPS) is 14.7. The van der Waals surface area contributed by atoms with Gasteiger partial charge in [-0.15, -0.1) is 0 Å². The number of allylic oxidation sites excluding steroid dienone is 1. The summed E-state index contributed by atoms with van der Waals surface area (Å²) < 4.78 is 19.9. The number of aromatic amines is 1. The zero-order chi connectivity index (χ0) is 24.4. The molecule has 0 amide bonds. The standard InChI is InChI=1S/C28H24FN3O3/c1-35-22-13-21(15-30-16-22)27(18-3-2-4-18)26(19-8-5-17(6-9-19)7-12-25(33)34)20-10-11-24-23(14-20)28(29)32-31-24/h5-16,18H,2-4H2,1H3,(H,31,32)(H,33,34)/b12-7+,27-26+. The second kappa shape index (κ2) is 9.54. The third-order valence-corrected chi connectivity index (χ3v) is 6.46. The van der Waals surface area contributed by atoms with Crippen LogP contribution >= 0.6 is 0 Å². The number of nitrogens with one attached hydrogen (secondary N) is 1. The number of pyridine rings is 1. The van der Waals surface area contributed by atoms with Gasteiger partial charge in [-0.1, -0.05) is 36.8 Å². The van der Waals surface area contributed by atoms with Crippen LogP contribution in [0.1, 0.15) is 41.5 Å². The fourth-order valence-corrected chi connectivity index (χ4v) is 4.50. The summed E-state index contributed by atoms with van der Waals surface area (Å²) in [6, 6.07) is 15.3. The Labute approximate surface area is 201 Å². The number of H-pyrrole nitrogens is 1. The van der Waals surface area contributed by atoms with E-state index in [-0.39, 0.29) is 0 Å². The first-order chi connectivity index (χ1) is 17.0. The van der Waals surface area contributed by atoms with E-state index in [1.807, 2.05) is 54.7 Å². The molecule has 2 N–H and O–H groups in total. The first-order valence-corrected chi connectivity index (χ1v) is 11.4. The van der Waals surface area contributed by atoms with Gasteiger partial charge in [-0.3, -0.25) is 10.1 Å². The van der Waals surface area contributed by atoms with E-state index in [4.69, 9.17) is 9.84 Å². The highest BCUT2D eigenvalue weighted by atomic mass is 19.1. The van der Waals surface area contributed by atoms with Crippen LogP contribution in [0.4, 0.5) is 4.39 Å². The number of aromatic nitrogens is 3. The lowest BCUT2D eigenvalue weighted by atomic mass is 9.73. The van der Waals surface area contributed by atoms with Gasteiger partial charge in [-0.05, 0) is 70.9 Å². The molecule has 5 rings (SSSR count). The summed E-state index contributed by atoms with van der Waals surface area (Å²) in [4.78, 5) is 15.3. The van der Waals surface area contributed by atoms with Crippen molar-refractivity contribution in [1.82, 2.24) is 15.2 Å². The highest BCUT2D eigenvalue weighted by Crippen LogP contribution is 2.45. The minimum Gasteiger partial charge on any atom is -0.495 e. The SMILES string of the molecule is COc1cncc(/C(=C(\c2ccc(/C=C/C(=O)O)cc2)c2ccc3n[nH]c(F)c3c2)C2CCC2)c1. The van der Waals surface area contributed by atoms with Crippen LogP contribution in [-0.4, -0.2) is 33.4 Å². The third-order valence-electron chi connectivity index (χ3n) is 6.46. The molecule has 0 bridgehead atoms. The molecule has 2 aromatic heterocycles. The van der Waals surface area contributed by atoms with Gasteiger partial charge in [0.15, 0.2) is 0 Å². The minimum atomic E-state index is -0.997. The second-order valence-electron chi connectivity index (χ2n) is 8.59. The number of methoxy groups -OCH3 is 1. The highest BCUT2D eigenvalue weighted by molar-refractivity contribution is 6.01. The molecule has 0 radical (unpaired) electrons. The summed E-state index contributed by atoms with van der Waals surface area (Å²) >= 11 is 0. The molecule has 2 aromatic carbocycles. The zero-order valence-corrected chi connectivity index (χ0v) is 19.2. The first-order valence-electron chi connectivity index (χ1n) is 11.4. The number of hydrogen-bond acceptors (Lipinski definition) is 4. The first kappa shape index (κ1) is 22.5. The van der Waals surface area contributed by atoms with Gasteiger partial charge in [0.1, 0.15) is 5.75 Å². The lowest BCUT2D eigenvalue weighted by Gasteiger charge is -2.31. The average Bonchev–Trinajstić information content (AvgIpc) is 3.22. The van der Waals surface area contributed by atoms with Crippen molar-refractivity contribution in [2.45, 2.75) is 19.3 Å². The van der Waals surface area contributed by atoms with Crippen molar-refractivity contribution < 1.29 is 19.0 Å².